The molecule has 0 atom stereocenters. The predicted octanol–water partition coefficient (Wildman–Crippen LogP) is 4.62. The first kappa shape index (κ1) is 13.5. The third kappa shape index (κ3) is 3.31. The van der Waals surface area contributed by atoms with Gasteiger partial charge in [-0.25, -0.2) is 4.98 Å². The van der Waals surface area contributed by atoms with Crippen LogP contribution in [0.25, 0.3) is 0 Å². The number of rotatable bonds is 3. The molecule has 2 aromatic rings. The molecule has 0 unspecified atom stereocenters. The zero-order valence-electron chi connectivity index (χ0n) is 9.87. The Morgan fingerprint density at radius 1 is 1.44 bits per heavy atom. The lowest BCUT2D eigenvalue weighted by atomic mass is 10.1. The number of halogens is 2. The van der Waals surface area contributed by atoms with Gasteiger partial charge < -0.3 is 0 Å². The molecule has 0 aliphatic carbocycles. The molecule has 3 nitrogen and oxygen atoms in total. The van der Waals surface area contributed by atoms with Crippen LogP contribution in [0.3, 0.4) is 0 Å². The Morgan fingerprint density at radius 3 is 2.89 bits per heavy atom. The van der Waals surface area contributed by atoms with Gasteiger partial charge in [0.15, 0.2) is 0 Å². The zero-order chi connectivity index (χ0) is 13.1. The maximum absolute atomic E-state index is 6.17. The quantitative estimate of drug-likeness (QED) is 0.651. The summed E-state index contributed by atoms with van der Waals surface area (Å²) in [5, 5.41) is 7.53. The summed E-state index contributed by atoms with van der Waals surface area (Å²) in [6.45, 7) is 3.95. The lowest BCUT2D eigenvalue weighted by Gasteiger charge is -2.03. The number of hydrazone groups is 1. The topological polar surface area (TPSA) is 37.3 Å². The fourth-order valence-corrected chi connectivity index (χ4v) is 2.79. The van der Waals surface area contributed by atoms with E-state index >= 15 is 0 Å². The van der Waals surface area contributed by atoms with Crippen LogP contribution in [0, 0.1) is 13.8 Å². The van der Waals surface area contributed by atoms with E-state index in [-0.39, 0.29) is 0 Å². The van der Waals surface area contributed by atoms with Crippen LogP contribution in [0.1, 0.15) is 16.8 Å². The zero-order valence-corrected chi connectivity index (χ0v) is 13.0. The van der Waals surface area contributed by atoms with Gasteiger partial charge in [0.05, 0.1) is 16.9 Å². The van der Waals surface area contributed by atoms with Crippen LogP contribution in [0.15, 0.2) is 27.1 Å². The highest BCUT2D eigenvalue weighted by molar-refractivity contribution is 9.10. The minimum Gasteiger partial charge on any atom is -0.253 e. The SMILES string of the molecule is Cc1cc(Br)c(Cl)c(C=NNc2nc(C)cs2)c1. The van der Waals surface area contributed by atoms with E-state index in [0.717, 1.165) is 26.4 Å². The maximum Gasteiger partial charge on any atom is 0.203 e. The molecule has 6 heteroatoms. The van der Waals surface area contributed by atoms with Gasteiger partial charge in [-0.05, 0) is 47.5 Å². The first-order valence-corrected chi connectivity index (χ1v) is 7.28. The smallest absolute Gasteiger partial charge is 0.203 e. The molecular formula is C12H11BrClN3S. The number of aromatic nitrogens is 1. The minimum absolute atomic E-state index is 0.654. The van der Waals surface area contributed by atoms with Gasteiger partial charge in [-0.15, -0.1) is 11.3 Å². The highest BCUT2D eigenvalue weighted by atomic mass is 79.9. The van der Waals surface area contributed by atoms with E-state index in [1.165, 1.54) is 11.3 Å². The van der Waals surface area contributed by atoms with Gasteiger partial charge in [0, 0.05) is 15.4 Å². The fourth-order valence-electron chi connectivity index (χ4n) is 1.41. The predicted molar refractivity (Wildman–Crippen MR) is 82.0 cm³/mol. The van der Waals surface area contributed by atoms with Crippen molar-refractivity contribution in [3.8, 4) is 0 Å². The summed E-state index contributed by atoms with van der Waals surface area (Å²) in [7, 11) is 0. The lowest BCUT2D eigenvalue weighted by molar-refractivity contribution is 1.22. The maximum atomic E-state index is 6.17. The largest absolute Gasteiger partial charge is 0.253 e. The van der Waals surface area contributed by atoms with Crippen LogP contribution >= 0.6 is 38.9 Å². The van der Waals surface area contributed by atoms with Crippen molar-refractivity contribution in [2.24, 2.45) is 5.10 Å². The van der Waals surface area contributed by atoms with Gasteiger partial charge in [0.25, 0.3) is 0 Å². The molecule has 0 saturated carbocycles. The number of anilines is 1. The average molecular weight is 345 g/mol. The Morgan fingerprint density at radius 2 is 2.22 bits per heavy atom. The van der Waals surface area contributed by atoms with Crippen LogP contribution in [-0.4, -0.2) is 11.2 Å². The van der Waals surface area contributed by atoms with E-state index < -0.39 is 0 Å². The molecule has 0 bridgehead atoms. The average Bonchev–Trinajstić information content (AvgIpc) is 2.71. The molecule has 2 rings (SSSR count). The summed E-state index contributed by atoms with van der Waals surface area (Å²) < 4.78 is 0.871. The van der Waals surface area contributed by atoms with Crippen LogP contribution in [0.5, 0.6) is 0 Å². The lowest BCUT2D eigenvalue weighted by Crippen LogP contribution is -1.92. The van der Waals surface area contributed by atoms with Crippen molar-refractivity contribution < 1.29 is 0 Å². The van der Waals surface area contributed by atoms with E-state index in [1.807, 2.05) is 31.4 Å². The van der Waals surface area contributed by atoms with Crippen molar-refractivity contribution >= 4 is 50.2 Å². The van der Waals surface area contributed by atoms with Crippen LogP contribution in [0.2, 0.25) is 5.02 Å². The Kier molecular flexibility index (Phi) is 4.37. The molecule has 18 heavy (non-hydrogen) atoms. The van der Waals surface area contributed by atoms with Crippen molar-refractivity contribution in [2.75, 3.05) is 5.43 Å². The number of hydrogen-bond acceptors (Lipinski definition) is 4. The molecule has 0 spiro atoms. The van der Waals surface area contributed by atoms with Crippen molar-refractivity contribution in [3.05, 3.63) is 43.8 Å². The molecule has 1 aromatic carbocycles. The van der Waals surface area contributed by atoms with Crippen LogP contribution < -0.4 is 5.43 Å². The van der Waals surface area contributed by atoms with Gasteiger partial charge >= 0.3 is 0 Å². The molecule has 94 valence electrons. The summed E-state index contributed by atoms with van der Waals surface area (Å²) in [5.41, 5.74) is 5.85. The van der Waals surface area contributed by atoms with Crippen LogP contribution in [0.4, 0.5) is 5.13 Å². The van der Waals surface area contributed by atoms with E-state index in [1.54, 1.807) is 6.21 Å². The fraction of sp³-hybridized carbons (Fsp3) is 0.167. The molecule has 0 radical (unpaired) electrons. The molecule has 1 heterocycles. The number of nitrogens with one attached hydrogen (secondary N) is 1. The molecule has 0 fully saturated rings. The molecular weight excluding hydrogens is 334 g/mol. The van der Waals surface area contributed by atoms with Gasteiger partial charge in [-0.3, -0.25) is 5.43 Å². The highest BCUT2D eigenvalue weighted by Gasteiger charge is 2.03. The number of aryl methyl sites for hydroxylation is 2. The van der Waals surface area contributed by atoms with Crippen molar-refractivity contribution in [1.29, 1.82) is 0 Å². The van der Waals surface area contributed by atoms with E-state index in [0.29, 0.717) is 5.02 Å². The second-order valence-electron chi connectivity index (χ2n) is 3.81. The Bertz CT molecular complexity index is 595. The molecule has 0 aliphatic heterocycles. The second-order valence-corrected chi connectivity index (χ2v) is 5.90. The summed E-state index contributed by atoms with van der Waals surface area (Å²) in [4.78, 5) is 4.25. The Hall–Kier alpha value is -0.910. The van der Waals surface area contributed by atoms with Gasteiger partial charge in [-0.1, -0.05) is 11.6 Å². The first-order chi connectivity index (χ1) is 8.56. The van der Waals surface area contributed by atoms with Gasteiger partial charge in [-0.2, -0.15) is 5.10 Å². The summed E-state index contributed by atoms with van der Waals surface area (Å²) in [6.07, 6.45) is 1.69. The first-order valence-electron chi connectivity index (χ1n) is 5.23. The summed E-state index contributed by atoms with van der Waals surface area (Å²) in [6, 6.07) is 3.95. The monoisotopic (exact) mass is 343 g/mol. The number of benzene rings is 1. The van der Waals surface area contributed by atoms with Crippen molar-refractivity contribution in [2.45, 2.75) is 13.8 Å². The standard InChI is InChI=1S/C12H11BrClN3S/c1-7-3-9(11(14)10(13)4-7)5-15-17-12-16-8(2)6-18-12/h3-6H,1-2H3,(H,16,17). The van der Waals surface area contributed by atoms with E-state index in [9.17, 15) is 0 Å². The van der Waals surface area contributed by atoms with Crippen molar-refractivity contribution in [1.82, 2.24) is 4.98 Å². The molecule has 1 aromatic heterocycles. The second kappa shape index (κ2) is 5.82. The minimum atomic E-state index is 0.654. The summed E-state index contributed by atoms with van der Waals surface area (Å²) >= 11 is 11.1. The Labute approximate surface area is 123 Å². The third-order valence-electron chi connectivity index (χ3n) is 2.18. The number of nitrogens with zero attached hydrogens (tertiary/aromatic N) is 2. The molecule has 0 amide bonds. The van der Waals surface area contributed by atoms with E-state index in [2.05, 4.69) is 31.4 Å². The molecule has 1 N–H and O–H groups in total. The molecule has 0 aliphatic rings. The normalized spacial score (nSPS) is 11.1. The van der Waals surface area contributed by atoms with Gasteiger partial charge in [0.2, 0.25) is 5.13 Å². The number of hydrogen-bond donors (Lipinski definition) is 1. The van der Waals surface area contributed by atoms with Gasteiger partial charge in [0.1, 0.15) is 0 Å². The third-order valence-corrected chi connectivity index (χ3v) is 4.32. The van der Waals surface area contributed by atoms with Crippen molar-refractivity contribution in [3.63, 3.8) is 0 Å². The highest BCUT2D eigenvalue weighted by Crippen LogP contribution is 2.26. The number of thiazole rings is 1. The van der Waals surface area contributed by atoms with E-state index in [4.69, 9.17) is 11.6 Å². The van der Waals surface area contributed by atoms with Crippen LogP contribution in [-0.2, 0) is 0 Å². The summed E-state index contributed by atoms with van der Waals surface area (Å²) in [5.74, 6) is 0. The Balaban J connectivity index is 2.14. The molecule has 0 saturated heterocycles.